The molecule has 1 aromatic heterocycles. The van der Waals surface area contributed by atoms with Gasteiger partial charge >= 0.3 is 6.03 Å². The third-order valence-corrected chi connectivity index (χ3v) is 4.69. The Morgan fingerprint density at radius 3 is 2.97 bits per heavy atom. The summed E-state index contributed by atoms with van der Waals surface area (Å²) in [5, 5.41) is 27.4. The molecule has 1 aromatic carbocycles. The molecule has 29 heavy (non-hydrogen) atoms. The van der Waals surface area contributed by atoms with E-state index in [1.165, 1.54) is 6.21 Å². The molecule has 0 fully saturated rings. The quantitative estimate of drug-likeness (QED) is 0.490. The number of aromatic nitrogens is 1. The van der Waals surface area contributed by atoms with Gasteiger partial charge in [-0.15, -0.1) is 0 Å². The zero-order valence-corrected chi connectivity index (χ0v) is 16.8. The normalized spacial score (nSPS) is 19.9. The Balaban J connectivity index is 1.93. The summed E-state index contributed by atoms with van der Waals surface area (Å²) in [4.78, 5) is 17.0. The second-order valence-electron chi connectivity index (χ2n) is 6.69. The van der Waals surface area contributed by atoms with Crippen LogP contribution >= 0.6 is 11.6 Å². The van der Waals surface area contributed by atoms with Gasteiger partial charge in [0.1, 0.15) is 5.82 Å². The minimum atomic E-state index is -0.788. The molecule has 0 aliphatic carbocycles. The van der Waals surface area contributed by atoms with Crippen LogP contribution < -0.4 is 16.0 Å². The van der Waals surface area contributed by atoms with Crippen LogP contribution in [0.2, 0.25) is 5.02 Å². The molecule has 1 aliphatic rings. The second kappa shape index (κ2) is 9.69. The van der Waals surface area contributed by atoms with Crippen molar-refractivity contribution < 1.29 is 14.6 Å². The molecule has 2 amide bonds. The number of pyridine rings is 1. The van der Waals surface area contributed by atoms with E-state index in [0.717, 1.165) is 5.56 Å². The number of urea groups is 1. The summed E-state index contributed by atoms with van der Waals surface area (Å²) in [7, 11) is 0. The summed E-state index contributed by atoms with van der Waals surface area (Å²) in [6, 6.07) is 7.86. The van der Waals surface area contributed by atoms with Crippen molar-refractivity contribution in [3.05, 3.63) is 52.2 Å². The third-order valence-electron chi connectivity index (χ3n) is 4.46. The Labute approximate surface area is 174 Å². The molecule has 0 unspecified atom stereocenters. The molecular weight excluding hydrogens is 394 g/mol. The fourth-order valence-corrected chi connectivity index (χ4v) is 3.38. The number of aliphatic hydroxyl groups is 1. The molecule has 0 saturated heterocycles. The van der Waals surface area contributed by atoms with Crippen LogP contribution in [-0.2, 0) is 11.2 Å². The number of ether oxygens (including phenoxy) is 1. The van der Waals surface area contributed by atoms with Gasteiger partial charge in [-0.3, -0.25) is 5.32 Å². The fourth-order valence-electron chi connectivity index (χ4n) is 3.19. The maximum atomic E-state index is 12.6. The van der Waals surface area contributed by atoms with E-state index >= 15 is 0 Å². The Kier molecular flexibility index (Phi) is 7.03. The summed E-state index contributed by atoms with van der Waals surface area (Å²) >= 11 is 6.08. The van der Waals surface area contributed by atoms with Gasteiger partial charge in [-0.25, -0.2) is 9.78 Å². The molecule has 2 aromatic rings. The van der Waals surface area contributed by atoms with Gasteiger partial charge in [0.2, 0.25) is 0 Å². The van der Waals surface area contributed by atoms with Crippen molar-refractivity contribution in [1.82, 2.24) is 10.3 Å². The summed E-state index contributed by atoms with van der Waals surface area (Å²) in [5.41, 5.74) is 2.59. The van der Waals surface area contributed by atoms with Crippen LogP contribution in [0.4, 0.5) is 16.3 Å². The Morgan fingerprint density at radius 1 is 1.41 bits per heavy atom. The lowest BCUT2D eigenvalue weighted by molar-refractivity contribution is 0.0283. The molecule has 5 N–H and O–H groups in total. The smallest absolute Gasteiger partial charge is 0.320 e. The second-order valence-corrected chi connectivity index (χ2v) is 7.13. The lowest BCUT2D eigenvalue weighted by Crippen LogP contribution is -2.36. The number of fused-ring (bicyclic) bond motifs is 2. The van der Waals surface area contributed by atoms with Crippen molar-refractivity contribution in [3.63, 3.8) is 0 Å². The number of halogens is 1. The molecule has 0 spiro atoms. The largest absolute Gasteiger partial charge is 0.390 e. The lowest BCUT2D eigenvalue weighted by Gasteiger charge is -2.23. The van der Waals surface area contributed by atoms with Gasteiger partial charge in [-0.05, 0) is 30.7 Å². The van der Waals surface area contributed by atoms with Gasteiger partial charge in [0.25, 0.3) is 0 Å². The van der Waals surface area contributed by atoms with Crippen molar-refractivity contribution in [2.75, 3.05) is 30.4 Å². The standard InChI is InChI=1S/C20H24ClN5O3/c1-2-23-19-13(9-22)7-18-24-16(19)8-15(27)10-29-11-17(25-20(28)26-18)12-4-3-5-14(21)6-12/h3-7,9,15,17,22-23,27H,2,8,10-11H2,1H3,(H2,24,25,26,28)/t15-,17-/m1/s1. The number of amides is 2. The molecule has 2 bridgehead atoms. The van der Waals surface area contributed by atoms with Gasteiger partial charge in [0.15, 0.2) is 0 Å². The van der Waals surface area contributed by atoms with Crippen LogP contribution in [0.15, 0.2) is 30.3 Å². The van der Waals surface area contributed by atoms with Crippen LogP contribution in [0.3, 0.4) is 0 Å². The topological polar surface area (TPSA) is 119 Å². The van der Waals surface area contributed by atoms with Gasteiger partial charge in [0, 0.05) is 29.8 Å². The van der Waals surface area contributed by atoms with Crippen LogP contribution in [-0.4, -0.2) is 48.2 Å². The van der Waals surface area contributed by atoms with Crippen LogP contribution in [0, 0.1) is 5.41 Å². The van der Waals surface area contributed by atoms with E-state index in [-0.39, 0.29) is 19.6 Å². The van der Waals surface area contributed by atoms with E-state index in [0.29, 0.717) is 34.3 Å². The van der Waals surface area contributed by atoms with Crippen molar-refractivity contribution in [1.29, 1.82) is 5.41 Å². The van der Waals surface area contributed by atoms with Crippen LogP contribution in [0.25, 0.3) is 0 Å². The molecule has 3 rings (SSSR count). The first-order valence-electron chi connectivity index (χ1n) is 9.37. The molecule has 154 valence electrons. The summed E-state index contributed by atoms with van der Waals surface area (Å²) in [5.74, 6) is 0.302. The molecule has 8 nitrogen and oxygen atoms in total. The maximum Gasteiger partial charge on any atom is 0.320 e. The van der Waals surface area contributed by atoms with Gasteiger partial charge in [0.05, 0.1) is 36.7 Å². The molecular formula is C20H24ClN5O3. The number of benzene rings is 1. The monoisotopic (exact) mass is 417 g/mol. The number of aliphatic hydroxyl groups excluding tert-OH is 1. The SMILES string of the molecule is CCNc1c(C=N)cc2nc1C[C@@H](O)COC[C@H](c1cccc(Cl)c1)NC(=O)N2. The van der Waals surface area contributed by atoms with Crippen molar-refractivity contribution in [2.45, 2.75) is 25.5 Å². The highest BCUT2D eigenvalue weighted by Gasteiger charge is 2.21. The van der Waals surface area contributed by atoms with Gasteiger partial charge in [-0.1, -0.05) is 23.7 Å². The average molecular weight is 418 g/mol. The molecule has 0 radical (unpaired) electrons. The van der Waals surface area contributed by atoms with Crippen molar-refractivity contribution >= 4 is 35.4 Å². The molecule has 0 saturated carbocycles. The summed E-state index contributed by atoms with van der Waals surface area (Å²) in [6.07, 6.45) is 0.627. The number of carbonyl (C=O) groups excluding carboxylic acids is 1. The molecule has 1 aliphatic heterocycles. The molecule has 2 atom stereocenters. The Morgan fingerprint density at radius 2 is 2.24 bits per heavy atom. The molecule has 9 heteroatoms. The summed E-state index contributed by atoms with van der Waals surface area (Å²) in [6.45, 7) is 2.83. The number of carbonyl (C=O) groups is 1. The van der Waals surface area contributed by atoms with Crippen molar-refractivity contribution in [2.24, 2.45) is 0 Å². The minimum Gasteiger partial charge on any atom is -0.390 e. The average Bonchev–Trinajstić information content (AvgIpc) is 2.68. The van der Waals surface area contributed by atoms with E-state index in [2.05, 4.69) is 20.9 Å². The Hall–Kier alpha value is -2.68. The predicted octanol–water partition coefficient (Wildman–Crippen LogP) is 2.96. The fraction of sp³-hybridized carbons (Fsp3) is 0.350. The first-order valence-corrected chi connectivity index (χ1v) is 9.75. The van der Waals surface area contributed by atoms with E-state index in [9.17, 15) is 9.90 Å². The minimum absolute atomic E-state index is 0.0811. The first-order chi connectivity index (χ1) is 14.0. The lowest BCUT2D eigenvalue weighted by atomic mass is 10.1. The highest BCUT2D eigenvalue weighted by Crippen LogP contribution is 2.25. The number of nitrogens with zero attached hydrogens (tertiary/aromatic N) is 1. The van der Waals surface area contributed by atoms with Crippen molar-refractivity contribution in [3.8, 4) is 0 Å². The van der Waals surface area contributed by atoms with Crippen LogP contribution in [0.1, 0.15) is 29.8 Å². The zero-order valence-electron chi connectivity index (χ0n) is 16.0. The van der Waals surface area contributed by atoms with Gasteiger partial charge < -0.3 is 25.9 Å². The maximum absolute atomic E-state index is 12.6. The first kappa shape index (κ1) is 21.0. The third kappa shape index (κ3) is 5.44. The van der Waals surface area contributed by atoms with Gasteiger partial charge in [-0.2, -0.15) is 0 Å². The highest BCUT2D eigenvalue weighted by molar-refractivity contribution is 6.30. The van der Waals surface area contributed by atoms with Crippen LogP contribution in [0.5, 0.6) is 0 Å². The van der Waals surface area contributed by atoms with E-state index in [4.69, 9.17) is 21.7 Å². The number of anilines is 2. The molecule has 2 heterocycles. The zero-order chi connectivity index (χ0) is 20.8. The number of rotatable bonds is 4. The number of hydrogen-bond donors (Lipinski definition) is 5. The van der Waals surface area contributed by atoms with E-state index < -0.39 is 18.2 Å². The van der Waals surface area contributed by atoms with E-state index in [1.54, 1.807) is 24.3 Å². The van der Waals surface area contributed by atoms with E-state index in [1.807, 2.05) is 13.0 Å². The predicted molar refractivity (Wildman–Crippen MR) is 113 cm³/mol. The Bertz CT molecular complexity index is 892. The highest BCUT2D eigenvalue weighted by atomic mass is 35.5. The summed E-state index contributed by atoms with van der Waals surface area (Å²) < 4.78 is 5.67. The number of hydrogen-bond acceptors (Lipinski definition) is 6. The number of nitrogens with one attached hydrogen (secondary N) is 4.